The monoisotopic (exact) mass is 688 g/mol. The molecule has 0 aliphatic rings. The summed E-state index contributed by atoms with van der Waals surface area (Å²) in [5.74, 6) is 1.10. The second-order valence-corrected chi connectivity index (χ2v) is 13.9. The van der Waals surface area contributed by atoms with Crippen LogP contribution >= 0.6 is 31.9 Å². The molecule has 0 amide bonds. The van der Waals surface area contributed by atoms with Crippen LogP contribution in [0.3, 0.4) is 0 Å². The third-order valence-corrected chi connectivity index (χ3v) is 10.5. The molecule has 4 N–H and O–H groups in total. The Bertz CT molecular complexity index is 1460. The first-order chi connectivity index (χ1) is 17.8. The second kappa shape index (κ2) is 12.4. The molecule has 0 fully saturated rings. The Labute approximate surface area is 238 Å². The van der Waals surface area contributed by atoms with E-state index in [-0.39, 0.29) is 9.79 Å². The van der Waals surface area contributed by atoms with Crippen LogP contribution in [0.5, 0.6) is 0 Å². The van der Waals surface area contributed by atoms with E-state index < -0.39 is 20.0 Å². The van der Waals surface area contributed by atoms with Crippen molar-refractivity contribution in [2.45, 2.75) is 9.79 Å². The van der Waals surface area contributed by atoms with Crippen molar-refractivity contribution in [3.8, 4) is 0 Å². The van der Waals surface area contributed by atoms with E-state index in [1.54, 1.807) is 61.2 Å². The van der Waals surface area contributed by atoms with Gasteiger partial charge in [-0.3, -0.25) is 0 Å². The molecule has 0 spiro atoms. The number of aromatic amines is 2. The summed E-state index contributed by atoms with van der Waals surface area (Å²) in [7, 11) is -1.01. The van der Waals surface area contributed by atoms with E-state index >= 15 is 0 Å². The van der Waals surface area contributed by atoms with E-state index in [1.807, 2.05) is 0 Å². The summed E-state index contributed by atoms with van der Waals surface area (Å²) in [5.41, 5.74) is 1.28. The summed E-state index contributed by atoms with van der Waals surface area (Å²) in [5, 5.41) is 5.98. The van der Waals surface area contributed by atoms with Crippen LogP contribution in [0.25, 0.3) is 0 Å². The van der Waals surface area contributed by atoms with Gasteiger partial charge in [-0.1, -0.05) is 0 Å². The third-order valence-electron chi connectivity index (χ3n) is 4.90. The van der Waals surface area contributed by atoms with Gasteiger partial charge in [0, 0.05) is 73.3 Å². The number of benzene rings is 2. The van der Waals surface area contributed by atoms with Crippen molar-refractivity contribution >= 4 is 75.2 Å². The minimum absolute atomic E-state index is 0.203. The predicted octanol–water partition coefficient (Wildman–Crippen LogP) is 4.33. The first-order valence-electron chi connectivity index (χ1n) is 10.8. The molecular formula is C22H26Br2N8O4S2. The van der Waals surface area contributed by atoms with Gasteiger partial charge >= 0.3 is 0 Å². The number of rotatable bonds is 8. The number of nitrogens with one attached hydrogen (secondary N) is 4. The highest BCUT2D eigenvalue weighted by Gasteiger charge is 2.22. The average Bonchev–Trinajstić information content (AvgIpc) is 3.56. The number of aromatic nitrogens is 4. The zero-order chi connectivity index (χ0) is 28.1. The smallest absolute Gasteiger partial charge is 0.243 e. The highest BCUT2D eigenvalue weighted by Crippen LogP contribution is 2.29. The number of imidazole rings is 2. The molecule has 4 aromatic rings. The van der Waals surface area contributed by atoms with Gasteiger partial charge in [0.1, 0.15) is 0 Å². The quantitative estimate of drug-likeness (QED) is 0.213. The second-order valence-electron chi connectivity index (χ2n) is 7.99. The van der Waals surface area contributed by atoms with Crippen molar-refractivity contribution in [2.24, 2.45) is 0 Å². The van der Waals surface area contributed by atoms with Crippen molar-refractivity contribution in [3.63, 3.8) is 0 Å². The van der Waals surface area contributed by atoms with E-state index in [0.29, 0.717) is 32.2 Å². The zero-order valence-corrected chi connectivity index (χ0v) is 25.6. The standard InChI is InChI=1S/2C11H13BrN4O2S/c2*1-16(2)19(17,18)10-7-8(3-4-9(10)12)15-11-13-5-6-14-11/h2*3-7H,1-2H3,(H2,13,14,15). The zero-order valence-electron chi connectivity index (χ0n) is 20.8. The number of hydrogen-bond acceptors (Lipinski definition) is 8. The van der Waals surface area contributed by atoms with E-state index in [0.717, 1.165) is 0 Å². The van der Waals surface area contributed by atoms with E-state index in [9.17, 15) is 16.8 Å². The first kappa shape index (κ1) is 29.8. The lowest BCUT2D eigenvalue weighted by molar-refractivity contribution is 0.519. The lowest BCUT2D eigenvalue weighted by Crippen LogP contribution is -2.22. The lowest BCUT2D eigenvalue weighted by Gasteiger charge is -2.14. The van der Waals surface area contributed by atoms with Gasteiger partial charge in [0.25, 0.3) is 0 Å². The molecule has 0 aliphatic heterocycles. The predicted molar refractivity (Wildman–Crippen MR) is 154 cm³/mol. The van der Waals surface area contributed by atoms with Crippen LogP contribution in [-0.2, 0) is 20.0 Å². The lowest BCUT2D eigenvalue weighted by atomic mass is 10.3. The molecule has 2 aromatic carbocycles. The van der Waals surface area contributed by atoms with Crippen LogP contribution < -0.4 is 10.6 Å². The normalized spacial score (nSPS) is 11.8. The summed E-state index contributed by atoms with van der Waals surface area (Å²) in [4.78, 5) is 14.2. The number of sulfonamides is 2. The molecule has 2 heterocycles. The number of hydrogen-bond donors (Lipinski definition) is 4. The number of nitrogens with zero attached hydrogens (tertiary/aromatic N) is 4. The Morgan fingerprint density at radius 3 is 1.34 bits per heavy atom. The molecular weight excluding hydrogens is 664 g/mol. The Balaban J connectivity index is 0.000000211. The molecule has 12 nitrogen and oxygen atoms in total. The molecule has 16 heteroatoms. The SMILES string of the molecule is CN(C)S(=O)(=O)c1cc(Nc2ncc[nH]2)ccc1Br.CN(C)S(=O)(=O)c1cc(Nc2ncc[nH]2)ccc1Br. The largest absolute Gasteiger partial charge is 0.331 e. The van der Waals surface area contributed by atoms with Gasteiger partial charge in [0.05, 0.1) is 9.79 Å². The minimum atomic E-state index is -3.49. The average molecular weight is 690 g/mol. The molecule has 0 unspecified atom stereocenters. The van der Waals surface area contributed by atoms with E-state index in [1.165, 1.54) is 36.8 Å². The maximum atomic E-state index is 12.2. The summed E-state index contributed by atoms with van der Waals surface area (Å²) in [6.45, 7) is 0. The van der Waals surface area contributed by atoms with Gasteiger partial charge in [-0.25, -0.2) is 35.4 Å². The molecule has 2 aromatic heterocycles. The van der Waals surface area contributed by atoms with Gasteiger partial charge in [0.2, 0.25) is 31.9 Å². The highest BCUT2D eigenvalue weighted by atomic mass is 79.9. The van der Waals surface area contributed by atoms with Gasteiger partial charge in [-0.05, 0) is 68.3 Å². The number of H-pyrrole nitrogens is 2. The minimum Gasteiger partial charge on any atom is -0.331 e. The first-order valence-corrected chi connectivity index (χ1v) is 15.3. The van der Waals surface area contributed by atoms with Gasteiger partial charge in [-0.2, -0.15) is 0 Å². The fourth-order valence-electron chi connectivity index (χ4n) is 2.89. The fraction of sp³-hybridized carbons (Fsp3) is 0.182. The van der Waals surface area contributed by atoms with Crippen LogP contribution in [0.2, 0.25) is 0 Å². The maximum Gasteiger partial charge on any atom is 0.243 e. The Morgan fingerprint density at radius 1 is 0.684 bits per heavy atom. The van der Waals surface area contributed by atoms with Crippen LogP contribution in [0.1, 0.15) is 0 Å². The van der Waals surface area contributed by atoms with Crippen molar-refractivity contribution in [3.05, 3.63) is 70.1 Å². The summed E-state index contributed by atoms with van der Waals surface area (Å²) in [6.07, 6.45) is 6.58. The number of anilines is 4. The van der Waals surface area contributed by atoms with Gasteiger partial charge in [-0.15, -0.1) is 0 Å². The number of halogens is 2. The molecule has 204 valence electrons. The van der Waals surface area contributed by atoms with Crippen LogP contribution in [0, 0.1) is 0 Å². The van der Waals surface area contributed by atoms with Crippen molar-refractivity contribution in [2.75, 3.05) is 38.8 Å². The van der Waals surface area contributed by atoms with E-state index in [2.05, 4.69) is 62.4 Å². The fourth-order valence-corrected chi connectivity index (χ4v) is 6.58. The van der Waals surface area contributed by atoms with Crippen molar-refractivity contribution in [1.29, 1.82) is 0 Å². The maximum absolute atomic E-state index is 12.2. The van der Waals surface area contributed by atoms with Crippen LogP contribution in [0.15, 0.2) is 79.9 Å². The molecule has 0 atom stereocenters. The molecule has 0 bridgehead atoms. The van der Waals surface area contributed by atoms with Gasteiger partial charge in [0.15, 0.2) is 0 Å². The van der Waals surface area contributed by atoms with Crippen molar-refractivity contribution in [1.82, 2.24) is 28.5 Å². The molecule has 4 rings (SSSR count). The summed E-state index contributed by atoms with van der Waals surface area (Å²) in [6, 6.07) is 10.0. The molecule has 38 heavy (non-hydrogen) atoms. The van der Waals surface area contributed by atoms with Gasteiger partial charge < -0.3 is 20.6 Å². The Kier molecular flexibility index (Phi) is 9.72. The summed E-state index contributed by atoms with van der Waals surface area (Å²) < 4.78 is 52.0. The Morgan fingerprint density at radius 2 is 1.05 bits per heavy atom. The van der Waals surface area contributed by atoms with E-state index in [4.69, 9.17) is 0 Å². The topological polar surface area (TPSA) is 156 Å². The van der Waals surface area contributed by atoms with Crippen molar-refractivity contribution < 1.29 is 16.8 Å². The summed E-state index contributed by atoms with van der Waals surface area (Å²) >= 11 is 6.51. The van der Waals surface area contributed by atoms with Crippen LogP contribution in [-0.4, -0.2) is 73.6 Å². The third kappa shape index (κ3) is 7.21. The molecule has 0 radical (unpaired) electrons. The molecule has 0 aliphatic carbocycles. The molecule has 0 saturated heterocycles. The Hall–Kier alpha value is -2.76. The molecule has 0 saturated carbocycles. The highest BCUT2D eigenvalue weighted by molar-refractivity contribution is 9.10. The van der Waals surface area contributed by atoms with Crippen LogP contribution in [0.4, 0.5) is 23.3 Å².